The fourth-order valence-corrected chi connectivity index (χ4v) is 2.66. The third-order valence-electron chi connectivity index (χ3n) is 3.34. The Balaban J connectivity index is 2.36. The van der Waals surface area contributed by atoms with E-state index in [0.29, 0.717) is 11.6 Å². The van der Waals surface area contributed by atoms with Crippen molar-refractivity contribution in [3.63, 3.8) is 0 Å². The van der Waals surface area contributed by atoms with E-state index in [4.69, 9.17) is 16.3 Å². The first-order valence-corrected chi connectivity index (χ1v) is 7.76. The molecule has 0 bridgehead atoms. The van der Waals surface area contributed by atoms with Gasteiger partial charge in [-0.25, -0.2) is 0 Å². The molecule has 0 saturated carbocycles. The number of aryl methyl sites for hydroxylation is 1. The molecule has 1 N–H and O–H groups in total. The number of ether oxygens (including phenoxy) is 1. The van der Waals surface area contributed by atoms with E-state index in [2.05, 4.69) is 36.4 Å². The summed E-state index contributed by atoms with van der Waals surface area (Å²) in [5, 5.41) is 8.50. The molecule has 2 rings (SSSR count). The van der Waals surface area contributed by atoms with E-state index in [1.54, 1.807) is 6.20 Å². The van der Waals surface area contributed by atoms with Crippen LogP contribution in [-0.4, -0.2) is 22.9 Å². The highest BCUT2D eigenvalue weighted by Gasteiger charge is 2.21. The zero-order valence-corrected chi connectivity index (χ0v) is 13.5. The topological polar surface area (TPSA) is 39.1 Å². The fraction of sp³-hybridized carbons (Fsp3) is 0.438. The van der Waals surface area contributed by atoms with Crippen LogP contribution in [0.15, 0.2) is 30.5 Å². The van der Waals surface area contributed by atoms with Gasteiger partial charge in [-0.15, -0.1) is 0 Å². The Morgan fingerprint density at radius 3 is 2.52 bits per heavy atom. The standard InChI is InChI=1S/C16H22ClN3O/c1-4-18-15(16-14(17)11-19-20(16)5-2)12-7-9-13(10-8-12)21-6-3/h7-11,15,18H,4-6H2,1-3H3. The molecule has 0 saturated heterocycles. The Hall–Kier alpha value is -1.52. The minimum atomic E-state index is 0.0284. The number of halogens is 1. The van der Waals surface area contributed by atoms with Crippen molar-refractivity contribution in [2.24, 2.45) is 0 Å². The van der Waals surface area contributed by atoms with Crippen molar-refractivity contribution in [2.75, 3.05) is 13.2 Å². The molecule has 0 spiro atoms. The van der Waals surface area contributed by atoms with Gasteiger partial charge in [0, 0.05) is 6.54 Å². The SMILES string of the molecule is CCNC(c1ccc(OCC)cc1)c1c(Cl)cnn1CC. The second-order valence-corrected chi connectivity index (χ2v) is 5.09. The molecule has 0 radical (unpaired) electrons. The molecule has 1 heterocycles. The van der Waals surface area contributed by atoms with Crippen molar-refractivity contribution in [2.45, 2.75) is 33.4 Å². The minimum Gasteiger partial charge on any atom is -0.494 e. The number of aromatic nitrogens is 2. The van der Waals surface area contributed by atoms with Crippen LogP contribution >= 0.6 is 11.6 Å². The average molecular weight is 308 g/mol. The van der Waals surface area contributed by atoms with Gasteiger partial charge in [0.2, 0.25) is 0 Å². The van der Waals surface area contributed by atoms with Crippen LogP contribution in [0.1, 0.15) is 38.1 Å². The summed E-state index contributed by atoms with van der Waals surface area (Å²) >= 11 is 6.34. The maximum Gasteiger partial charge on any atom is 0.119 e. The molecular formula is C16H22ClN3O. The summed E-state index contributed by atoms with van der Waals surface area (Å²) in [7, 11) is 0. The summed E-state index contributed by atoms with van der Waals surface area (Å²) in [6.45, 7) is 8.44. The van der Waals surface area contributed by atoms with Crippen molar-refractivity contribution in [1.29, 1.82) is 0 Å². The smallest absolute Gasteiger partial charge is 0.119 e. The second-order valence-electron chi connectivity index (χ2n) is 4.69. The van der Waals surface area contributed by atoms with Crippen molar-refractivity contribution < 1.29 is 4.74 Å². The summed E-state index contributed by atoms with van der Waals surface area (Å²) in [5.41, 5.74) is 2.16. The molecular weight excluding hydrogens is 286 g/mol. The van der Waals surface area contributed by atoms with Crippen LogP contribution < -0.4 is 10.1 Å². The average Bonchev–Trinajstić information content (AvgIpc) is 2.87. The number of hydrogen-bond acceptors (Lipinski definition) is 3. The van der Waals surface area contributed by atoms with Crippen molar-refractivity contribution in [3.8, 4) is 5.75 Å². The highest BCUT2D eigenvalue weighted by Crippen LogP contribution is 2.29. The molecule has 0 aliphatic rings. The fourth-order valence-electron chi connectivity index (χ4n) is 2.41. The van der Waals surface area contributed by atoms with Gasteiger partial charge in [0.25, 0.3) is 0 Å². The molecule has 114 valence electrons. The van der Waals surface area contributed by atoms with Gasteiger partial charge < -0.3 is 10.1 Å². The molecule has 0 amide bonds. The van der Waals surface area contributed by atoms with Crippen LogP contribution in [0.5, 0.6) is 5.75 Å². The van der Waals surface area contributed by atoms with Gasteiger partial charge in [0.05, 0.1) is 29.6 Å². The van der Waals surface area contributed by atoms with Crippen LogP contribution in [0.25, 0.3) is 0 Å². The highest BCUT2D eigenvalue weighted by atomic mass is 35.5. The minimum absolute atomic E-state index is 0.0284. The van der Waals surface area contributed by atoms with Gasteiger partial charge in [-0.05, 0) is 38.1 Å². The van der Waals surface area contributed by atoms with Crippen LogP contribution in [0.4, 0.5) is 0 Å². The molecule has 1 aromatic heterocycles. The van der Waals surface area contributed by atoms with Gasteiger partial charge >= 0.3 is 0 Å². The van der Waals surface area contributed by atoms with Gasteiger partial charge in [0.15, 0.2) is 0 Å². The molecule has 1 atom stereocenters. The van der Waals surface area contributed by atoms with E-state index in [-0.39, 0.29) is 6.04 Å². The molecule has 0 fully saturated rings. The van der Waals surface area contributed by atoms with Crippen molar-refractivity contribution in [3.05, 3.63) is 46.7 Å². The van der Waals surface area contributed by atoms with E-state index in [1.807, 2.05) is 23.7 Å². The summed E-state index contributed by atoms with van der Waals surface area (Å²) in [5.74, 6) is 0.881. The van der Waals surface area contributed by atoms with Crippen LogP contribution in [0.3, 0.4) is 0 Å². The summed E-state index contributed by atoms with van der Waals surface area (Å²) < 4.78 is 7.43. The monoisotopic (exact) mass is 307 g/mol. The molecule has 2 aromatic rings. The maximum atomic E-state index is 6.34. The molecule has 1 unspecified atom stereocenters. The normalized spacial score (nSPS) is 12.4. The molecule has 1 aromatic carbocycles. The maximum absolute atomic E-state index is 6.34. The Bertz CT molecular complexity index is 565. The lowest BCUT2D eigenvalue weighted by Crippen LogP contribution is -2.25. The van der Waals surface area contributed by atoms with Crippen molar-refractivity contribution in [1.82, 2.24) is 15.1 Å². The number of rotatable bonds is 7. The highest BCUT2D eigenvalue weighted by molar-refractivity contribution is 6.31. The molecule has 0 aliphatic heterocycles. The first-order valence-electron chi connectivity index (χ1n) is 7.38. The lowest BCUT2D eigenvalue weighted by molar-refractivity contribution is 0.340. The summed E-state index contributed by atoms with van der Waals surface area (Å²) in [6.07, 6.45) is 1.71. The quantitative estimate of drug-likeness (QED) is 0.848. The second kappa shape index (κ2) is 7.48. The Morgan fingerprint density at radius 1 is 1.24 bits per heavy atom. The summed E-state index contributed by atoms with van der Waals surface area (Å²) in [6, 6.07) is 8.15. The predicted molar refractivity (Wildman–Crippen MR) is 86.0 cm³/mol. The van der Waals surface area contributed by atoms with E-state index >= 15 is 0 Å². The number of nitrogens with one attached hydrogen (secondary N) is 1. The largest absolute Gasteiger partial charge is 0.494 e. The number of nitrogens with zero attached hydrogens (tertiary/aromatic N) is 2. The molecule has 21 heavy (non-hydrogen) atoms. The lowest BCUT2D eigenvalue weighted by atomic mass is 10.0. The van der Waals surface area contributed by atoms with Gasteiger partial charge in [-0.3, -0.25) is 4.68 Å². The Kier molecular flexibility index (Phi) is 5.65. The van der Waals surface area contributed by atoms with Gasteiger partial charge in [-0.2, -0.15) is 5.10 Å². The first kappa shape index (κ1) is 15.9. The zero-order chi connectivity index (χ0) is 15.2. The first-order chi connectivity index (χ1) is 10.2. The molecule has 0 aliphatic carbocycles. The van der Waals surface area contributed by atoms with Crippen LogP contribution in [-0.2, 0) is 6.54 Å². The lowest BCUT2D eigenvalue weighted by Gasteiger charge is -2.20. The number of hydrogen-bond donors (Lipinski definition) is 1. The van der Waals surface area contributed by atoms with Gasteiger partial charge in [0.1, 0.15) is 5.75 Å². The van der Waals surface area contributed by atoms with E-state index < -0.39 is 0 Å². The van der Waals surface area contributed by atoms with Crippen LogP contribution in [0, 0.1) is 0 Å². The van der Waals surface area contributed by atoms with Crippen LogP contribution in [0.2, 0.25) is 5.02 Å². The van der Waals surface area contributed by atoms with E-state index in [9.17, 15) is 0 Å². The Morgan fingerprint density at radius 2 is 1.95 bits per heavy atom. The zero-order valence-electron chi connectivity index (χ0n) is 12.8. The van der Waals surface area contributed by atoms with E-state index in [0.717, 1.165) is 30.1 Å². The van der Waals surface area contributed by atoms with E-state index in [1.165, 1.54) is 0 Å². The Labute approximate surface area is 131 Å². The summed E-state index contributed by atoms with van der Waals surface area (Å²) in [4.78, 5) is 0. The molecule has 5 heteroatoms. The van der Waals surface area contributed by atoms with Gasteiger partial charge in [-0.1, -0.05) is 30.7 Å². The number of benzene rings is 1. The third-order valence-corrected chi connectivity index (χ3v) is 3.63. The van der Waals surface area contributed by atoms with Crippen molar-refractivity contribution >= 4 is 11.6 Å². The predicted octanol–water partition coefficient (Wildman–Crippen LogP) is 3.65. The third kappa shape index (κ3) is 3.57. The molecule has 4 nitrogen and oxygen atoms in total.